The second kappa shape index (κ2) is 2.34. The molecule has 1 aromatic heterocycles. The Kier molecular flexibility index (Phi) is 1.46. The maximum Gasteiger partial charge on any atom is 0.140 e. The highest BCUT2D eigenvalue weighted by Gasteiger charge is 2.28. The third-order valence-corrected chi connectivity index (χ3v) is 1.95. The number of aromatic nitrogens is 1. The first kappa shape index (κ1) is 6.85. The molecule has 3 heteroatoms. The van der Waals surface area contributed by atoms with Gasteiger partial charge in [0.2, 0.25) is 0 Å². The van der Waals surface area contributed by atoms with Crippen molar-refractivity contribution in [2.45, 2.75) is 31.8 Å². The summed E-state index contributed by atoms with van der Waals surface area (Å²) in [5.41, 5.74) is 0.645. The van der Waals surface area contributed by atoms with E-state index in [1.807, 2.05) is 6.07 Å². The Balaban J connectivity index is 2.18. The van der Waals surface area contributed by atoms with E-state index < -0.39 is 6.10 Å². The highest BCUT2D eigenvalue weighted by molar-refractivity contribution is 5.15. The van der Waals surface area contributed by atoms with Crippen molar-refractivity contribution >= 4 is 0 Å². The standard InChI is InChI=1S/C8H11NO2/c1-5(10)7-4-8(11-9-7)6-2-3-6/h4-6,10H,2-3H2,1H3. The molecule has 1 unspecified atom stereocenters. The van der Waals surface area contributed by atoms with Crippen LogP contribution in [0.5, 0.6) is 0 Å². The maximum absolute atomic E-state index is 9.12. The highest BCUT2D eigenvalue weighted by atomic mass is 16.5. The molecule has 1 atom stereocenters. The largest absolute Gasteiger partial charge is 0.387 e. The van der Waals surface area contributed by atoms with E-state index in [0.717, 1.165) is 5.76 Å². The molecule has 1 N–H and O–H groups in total. The Morgan fingerprint density at radius 2 is 2.45 bits per heavy atom. The number of hydrogen-bond donors (Lipinski definition) is 1. The summed E-state index contributed by atoms with van der Waals surface area (Å²) >= 11 is 0. The minimum absolute atomic E-state index is 0.508. The molecule has 3 nitrogen and oxygen atoms in total. The summed E-state index contributed by atoms with van der Waals surface area (Å²) in [7, 11) is 0. The van der Waals surface area contributed by atoms with Gasteiger partial charge in [-0.2, -0.15) is 0 Å². The van der Waals surface area contributed by atoms with Gasteiger partial charge in [-0.15, -0.1) is 0 Å². The van der Waals surface area contributed by atoms with E-state index >= 15 is 0 Å². The van der Waals surface area contributed by atoms with Crippen molar-refractivity contribution in [2.24, 2.45) is 0 Å². The molecule has 1 fully saturated rings. The van der Waals surface area contributed by atoms with Gasteiger partial charge < -0.3 is 9.63 Å². The predicted molar refractivity (Wildman–Crippen MR) is 39.1 cm³/mol. The minimum atomic E-state index is -0.508. The predicted octanol–water partition coefficient (Wildman–Crippen LogP) is 1.61. The Bertz CT molecular complexity index is 234. The fourth-order valence-electron chi connectivity index (χ4n) is 1.06. The van der Waals surface area contributed by atoms with Crippen LogP contribution in [-0.4, -0.2) is 10.3 Å². The van der Waals surface area contributed by atoms with Crippen LogP contribution in [0.15, 0.2) is 10.6 Å². The quantitative estimate of drug-likeness (QED) is 0.702. The van der Waals surface area contributed by atoms with E-state index in [1.165, 1.54) is 12.8 Å². The van der Waals surface area contributed by atoms with Gasteiger partial charge >= 0.3 is 0 Å². The lowest BCUT2D eigenvalue weighted by Crippen LogP contribution is -1.88. The van der Waals surface area contributed by atoms with E-state index in [-0.39, 0.29) is 0 Å². The lowest BCUT2D eigenvalue weighted by atomic mass is 10.2. The van der Waals surface area contributed by atoms with Gasteiger partial charge in [-0.3, -0.25) is 0 Å². The smallest absolute Gasteiger partial charge is 0.140 e. The SMILES string of the molecule is CC(O)c1cc(C2CC2)on1. The molecule has 1 saturated carbocycles. The monoisotopic (exact) mass is 153 g/mol. The minimum Gasteiger partial charge on any atom is -0.387 e. The second-order valence-electron chi connectivity index (χ2n) is 3.10. The van der Waals surface area contributed by atoms with Gasteiger partial charge in [-0.05, 0) is 19.8 Å². The van der Waals surface area contributed by atoms with Crippen LogP contribution in [0.2, 0.25) is 0 Å². The Hall–Kier alpha value is -0.830. The summed E-state index contributed by atoms with van der Waals surface area (Å²) in [4.78, 5) is 0. The maximum atomic E-state index is 9.12. The van der Waals surface area contributed by atoms with Crippen molar-refractivity contribution < 1.29 is 9.63 Å². The Morgan fingerprint density at radius 3 is 2.91 bits per heavy atom. The van der Waals surface area contributed by atoms with Crippen molar-refractivity contribution in [3.63, 3.8) is 0 Å². The molecule has 1 aromatic rings. The summed E-state index contributed by atoms with van der Waals surface area (Å²) in [6, 6.07) is 1.85. The Morgan fingerprint density at radius 1 is 1.73 bits per heavy atom. The molecular weight excluding hydrogens is 142 g/mol. The van der Waals surface area contributed by atoms with Crippen LogP contribution < -0.4 is 0 Å². The zero-order valence-corrected chi connectivity index (χ0v) is 6.45. The normalized spacial score (nSPS) is 20.2. The van der Waals surface area contributed by atoms with Gasteiger partial charge in [0.05, 0.1) is 6.10 Å². The van der Waals surface area contributed by atoms with E-state index in [1.54, 1.807) is 6.92 Å². The van der Waals surface area contributed by atoms with Crippen LogP contribution in [0.25, 0.3) is 0 Å². The van der Waals surface area contributed by atoms with E-state index in [0.29, 0.717) is 11.6 Å². The number of aliphatic hydroxyl groups is 1. The van der Waals surface area contributed by atoms with Crippen molar-refractivity contribution in [2.75, 3.05) is 0 Å². The van der Waals surface area contributed by atoms with E-state index in [4.69, 9.17) is 9.63 Å². The van der Waals surface area contributed by atoms with Crippen molar-refractivity contribution in [1.82, 2.24) is 5.16 Å². The second-order valence-corrected chi connectivity index (χ2v) is 3.10. The number of rotatable bonds is 2. The fourth-order valence-corrected chi connectivity index (χ4v) is 1.06. The molecule has 0 bridgehead atoms. The zero-order chi connectivity index (χ0) is 7.84. The average Bonchev–Trinajstić information content (AvgIpc) is 2.68. The summed E-state index contributed by atoms with van der Waals surface area (Å²) in [5.74, 6) is 1.51. The van der Waals surface area contributed by atoms with Gasteiger partial charge in [-0.1, -0.05) is 5.16 Å². The molecule has 60 valence electrons. The lowest BCUT2D eigenvalue weighted by molar-refractivity contribution is 0.187. The first-order valence-corrected chi connectivity index (χ1v) is 3.92. The van der Waals surface area contributed by atoms with Crippen molar-refractivity contribution in [1.29, 1.82) is 0 Å². The summed E-state index contributed by atoms with van der Waals surface area (Å²) in [6.07, 6.45) is 1.90. The van der Waals surface area contributed by atoms with Crippen LogP contribution >= 0.6 is 0 Å². The van der Waals surface area contributed by atoms with Crippen molar-refractivity contribution in [3.8, 4) is 0 Å². The molecule has 2 rings (SSSR count). The third kappa shape index (κ3) is 1.28. The van der Waals surface area contributed by atoms with Gasteiger partial charge in [0, 0.05) is 12.0 Å². The summed E-state index contributed by atoms with van der Waals surface area (Å²) in [6.45, 7) is 1.69. The Labute approximate surface area is 65.0 Å². The number of aliphatic hydroxyl groups excluding tert-OH is 1. The van der Waals surface area contributed by atoms with Crippen molar-refractivity contribution in [3.05, 3.63) is 17.5 Å². The van der Waals surface area contributed by atoms with Gasteiger partial charge in [-0.25, -0.2) is 0 Å². The molecular formula is C8H11NO2. The van der Waals surface area contributed by atoms with Gasteiger partial charge in [0.15, 0.2) is 0 Å². The molecule has 0 spiro atoms. The van der Waals surface area contributed by atoms with Crippen LogP contribution in [0.1, 0.15) is 43.2 Å². The highest BCUT2D eigenvalue weighted by Crippen LogP contribution is 2.40. The van der Waals surface area contributed by atoms with Crippen LogP contribution in [0.4, 0.5) is 0 Å². The lowest BCUT2D eigenvalue weighted by Gasteiger charge is -1.92. The van der Waals surface area contributed by atoms with Crippen LogP contribution in [0.3, 0.4) is 0 Å². The molecule has 0 saturated heterocycles. The average molecular weight is 153 g/mol. The molecule has 1 heterocycles. The summed E-state index contributed by atoms with van der Waals surface area (Å²) < 4.78 is 5.04. The van der Waals surface area contributed by atoms with Crippen LogP contribution in [0, 0.1) is 0 Å². The zero-order valence-electron chi connectivity index (χ0n) is 6.45. The van der Waals surface area contributed by atoms with Crippen LogP contribution in [-0.2, 0) is 0 Å². The van der Waals surface area contributed by atoms with E-state index in [9.17, 15) is 0 Å². The number of nitrogens with zero attached hydrogens (tertiary/aromatic N) is 1. The molecule has 0 amide bonds. The van der Waals surface area contributed by atoms with Gasteiger partial charge in [0.25, 0.3) is 0 Å². The third-order valence-electron chi connectivity index (χ3n) is 1.95. The van der Waals surface area contributed by atoms with E-state index in [2.05, 4.69) is 5.16 Å². The first-order valence-electron chi connectivity index (χ1n) is 3.92. The molecule has 1 aliphatic carbocycles. The van der Waals surface area contributed by atoms with Gasteiger partial charge in [0.1, 0.15) is 11.5 Å². The molecule has 0 radical (unpaired) electrons. The molecule has 11 heavy (non-hydrogen) atoms. The molecule has 0 aliphatic heterocycles. The topological polar surface area (TPSA) is 46.3 Å². The number of hydrogen-bond acceptors (Lipinski definition) is 3. The summed E-state index contributed by atoms with van der Waals surface area (Å²) in [5, 5.41) is 12.9. The molecule has 1 aliphatic rings. The first-order chi connectivity index (χ1) is 5.27. The molecule has 0 aromatic carbocycles. The fraction of sp³-hybridized carbons (Fsp3) is 0.625.